The van der Waals surface area contributed by atoms with Crippen LogP contribution in [0.4, 0.5) is 0 Å². The van der Waals surface area contributed by atoms with Gasteiger partial charge in [-0.25, -0.2) is 24.3 Å². The molecule has 4 atom stereocenters. The number of rotatable bonds is 10. The summed E-state index contributed by atoms with van der Waals surface area (Å²) in [4.78, 5) is 0. The minimum absolute atomic E-state index is 0. The third-order valence-corrected chi connectivity index (χ3v) is 16.2. The Balaban J connectivity index is 0. The Morgan fingerprint density at radius 3 is 1.10 bits per heavy atom. The number of benzene rings is 2. The van der Waals surface area contributed by atoms with Crippen LogP contribution >= 0.6 is 15.8 Å². The Bertz CT molecular complexity index is 1330. The molecule has 0 aliphatic heterocycles. The van der Waals surface area contributed by atoms with Crippen LogP contribution in [-0.4, -0.2) is 22.6 Å². The normalized spacial score (nSPS) is 15.5. The van der Waals surface area contributed by atoms with E-state index in [2.05, 4.69) is 152 Å². The minimum atomic E-state index is -0.0252. The fourth-order valence-corrected chi connectivity index (χ4v) is 12.4. The molecule has 0 N–H and O–H groups in total. The molecule has 0 bridgehead atoms. The molecule has 2 aliphatic rings. The average molecular weight is 816 g/mol. The van der Waals surface area contributed by atoms with Crippen LogP contribution in [0.1, 0.15) is 93.9 Å². The molecule has 0 amide bonds. The first kappa shape index (κ1) is 51.6. The van der Waals surface area contributed by atoms with Crippen LogP contribution < -0.4 is 35.4 Å². The van der Waals surface area contributed by atoms with Gasteiger partial charge in [-0.15, -0.1) is 93.5 Å². The van der Waals surface area contributed by atoms with Crippen molar-refractivity contribution in [3.63, 3.8) is 0 Å². The maximum Gasteiger partial charge on any atom is 2.00 e. The monoisotopic (exact) mass is 814 g/mol. The van der Waals surface area contributed by atoms with Crippen molar-refractivity contribution in [1.82, 2.24) is 0 Å². The van der Waals surface area contributed by atoms with Gasteiger partial charge in [0.1, 0.15) is 0 Å². The Morgan fingerprint density at radius 2 is 0.880 bits per heavy atom. The van der Waals surface area contributed by atoms with E-state index >= 15 is 0 Å². The number of allylic oxidation sites excluding steroid dienone is 8. The van der Waals surface area contributed by atoms with E-state index in [1.807, 2.05) is 24.3 Å². The predicted molar refractivity (Wildman–Crippen MR) is 214 cm³/mol. The molecule has 2 aliphatic carbocycles. The molecule has 4 unspecified atom stereocenters. The van der Waals surface area contributed by atoms with Gasteiger partial charge in [-0.1, -0.05) is 83.4 Å². The van der Waals surface area contributed by atoms with Gasteiger partial charge in [0, 0.05) is 0 Å². The summed E-state index contributed by atoms with van der Waals surface area (Å²) in [6.07, 6.45) is 25.2. The molecular formula is C44H58Cl2P2Ti2-2. The summed E-state index contributed by atoms with van der Waals surface area (Å²) in [5.41, 5.74) is 3.30. The molecule has 0 aromatic heterocycles. The van der Waals surface area contributed by atoms with Crippen LogP contribution in [0.3, 0.4) is 0 Å². The van der Waals surface area contributed by atoms with Gasteiger partial charge in [0.25, 0.3) is 0 Å². The van der Waals surface area contributed by atoms with E-state index < -0.39 is 0 Å². The van der Waals surface area contributed by atoms with Crippen LogP contribution in [-0.2, 0) is 43.4 Å². The fraction of sp³-hybridized carbons (Fsp3) is 0.409. The Labute approximate surface area is 351 Å². The third kappa shape index (κ3) is 16.2. The molecule has 0 heterocycles. The second-order valence-corrected chi connectivity index (χ2v) is 18.7. The summed E-state index contributed by atoms with van der Waals surface area (Å²) >= 11 is 0. The van der Waals surface area contributed by atoms with Gasteiger partial charge in [0.05, 0.1) is 0 Å². The molecule has 0 nitrogen and oxygen atoms in total. The molecule has 0 fully saturated rings. The zero-order valence-electron chi connectivity index (χ0n) is 31.6. The number of hydrogen-bond donors (Lipinski definition) is 0. The maximum absolute atomic E-state index is 2.99. The van der Waals surface area contributed by atoms with Crippen molar-refractivity contribution >= 4 is 48.0 Å². The second kappa shape index (κ2) is 28.9. The van der Waals surface area contributed by atoms with Crippen molar-refractivity contribution in [2.75, 3.05) is 0 Å². The first-order chi connectivity index (χ1) is 22.3. The van der Waals surface area contributed by atoms with E-state index in [9.17, 15) is 0 Å². The minimum Gasteiger partial charge on any atom is -1.00 e. The van der Waals surface area contributed by atoms with Crippen LogP contribution in [0.2, 0.25) is 0 Å². The van der Waals surface area contributed by atoms with E-state index in [0.717, 1.165) is 35.5 Å². The molecule has 268 valence electrons. The van der Waals surface area contributed by atoms with Gasteiger partial charge in [-0.05, 0) is 48.3 Å². The van der Waals surface area contributed by atoms with Crippen molar-refractivity contribution in [3.05, 3.63) is 121 Å². The van der Waals surface area contributed by atoms with Gasteiger partial charge in [-0.3, -0.25) is 12.2 Å². The van der Waals surface area contributed by atoms with Crippen molar-refractivity contribution in [1.29, 1.82) is 0 Å². The maximum atomic E-state index is 2.99. The smallest absolute Gasteiger partial charge is 1.00 e. The van der Waals surface area contributed by atoms with Crippen LogP contribution in [0.15, 0.2) is 109 Å². The summed E-state index contributed by atoms with van der Waals surface area (Å²) in [6, 6.07) is 27.2. The molecule has 4 aromatic carbocycles. The SMILES string of the molecule is CCC(C)P(c1cc2ccccc2[cH-]1)C(C)CC.CCC(C)P(c1cc2ccccc2[cH-]1)C(C)CC.[C-]1=CC=CC1.[C-]1=CC=CC1.[Cl-].[Cl-].[Ti+2].[Ti+2]. The fourth-order valence-electron chi connectivity index (χ4n) is 5.92. The van der Waals surface area contributed by atoms with E-state index in [0.29, 0.717) is 0 Å². The Morgan fingerprint density at radius 1 is 0.560 bits per heavy atom. The van der Waals surface area contributed by atoms with E-state index in [1.54, 1.807) is 10.6 Å². The largest absolute Gasteiger partial charge is 2.00 e. The number of halogens is 2. The third-order valence-electron chi connectivity index (χ3n) is 9.24. The molecule has 0 saturated heterocycles. The molecule has 6 rings (SSSR count). The van der Waals surface area contributed by atoms with Crippen LogP contribution in [0.5, 0.6) is 0 Å². The molecular weight excluding hydrogens is 757 g/mol. The second-order valence-electron chi connectivity index (χ2n) is 12.5. The first-order valence-corrected chi connectivity index (χ1v) is 20.6. The number of fused-ring (bicyclic) bond motifs is 2. The average Bonchev–Trinajstić information content (AvgIpc) is 3.93. The first-order valence-electron chi connectivity index (χ1n) is 17.6. The zero-order chi connectivity index (χ0) is 33.3. The van der Waals surface area contributed by atoms with Crippen LogP contribution in [0.25, 0.3) is 21.5 Å². The standard InChI is InChI=1S/2C17H24P.2C5H5.2ClH.2Ti/c2*1-5-13(3)18(14(4)6-2)17-11-15-9-7-8-10-16(15)12-17;2*1-2-4-5-3-1;;;;/h2*7-14H,5-6H2,1-4H3;2*1-3H,4H2;2*1H;;/q4*-1;;;2*+2/p-2. The molecule has 0 saturated carbocycles. The van der Waals surface area contributed by atoms with Crippen LogP contribution in [0, 0.1) is 12.2 Å². The summed E-state index contributed by atoms with van der Waals surface area (Å²) in [5, 5.41) is 8.85. The molecule has 0 radical (unpaired) electrons. The molecule has 0 spiro atoms. The predicted octanol–water partition coefficient (Wildman–Crippen LogP) is 7.14. The van der Waals surface area contributed by atoms with Crippen molar-refractivity contribution in [2.24, 2.45) is 0 Å². The summed E-state index contributed by atoms with van der Waals surface area (Å²) < 4.78 is 0. The number of hydrogen-bond acceptors (Lipinski definition) is 0. The zero-order valence-corrected chi connectivity index (χ0v) is 38.0. The van der Waals surface area contributed by atoms with Gasteiger partial charge >= 0.3 is 43.4 Å². The van der Waals surface area contributed by atoms with E-state index in [1.165, 1.54) is 47.2 Å². The van der Waals surface area contributed by atoms with Crippen molar-refractivity contribution < 1.29 is 68.2 Å². The Hall–Kier alpha value is -0.511. The summed E-state index contributed by atoms with van der Waals surface area (Å²) in [5.74, 6) is 0. The van der Waals surface area contributed by atoms with Gasteiger partial charge in [0.2, 0.25) is 0 Å². The molecule has 4 aromatic rings. The van der Waals surface area contributed by atoms with Crippen molar-refractivity contribution in [3.8, 4) is 0 Å². The van der Waals surface area contributed by atoms with E-state index in [-0.39, 0.29) is 84.1 Å². The van der Waals surface area contributed by atoms with E-state index in [4.69, 9.17) is 0 Å². The van der Waals surface area contributed by atoms with Gasteiger partial charge < -0.3 is 24.8 Å². The quantitative estimate of drug-likeness (QED) is 0.0909. The van der Waals surface area contributed by atoms with Gasteiger partial charge in [-0.2, -0.15) is 24.3 Å². The Kier molecular flexibility index (Phi) is 29.8. The molecule has 50 heavy (non-hydrogen) atoms. The van der Waals surface area contributed by atoms with Gasteiger partial charge in [0.15, 0.2) is 0 Å². The van der Waals surface area contributed by atoms with Crippen molar-refractivity contribution in [2.45, 2.75) is 117 Å². The molecule has 6 heteroatoms. The summed E-state index contributed by atoms with van der Waals surface area (Å²) in [7, 11) is -0.0504. The summed E-state index contributed by atoms with van der Waals surface area (Å²) in [6.45, 7) is 19.0. The topological polar surface area (TPSA) is 0 Å².